The van der Waals surface area contributed by atoms with E-state index in [0.717, 1.165) is 50.8 Å². The molecule has 1 saturated heterocycles. The van der Waals surface area contributed by atoms with Gasteiger partial charge in [-0.1, -0.05) is 0 Å². The fourth-order valence-electron chi connectivity index (χ4n) is 3.84. The first-order valence-electron chi connectivity index (χ1n) is 9.29. The number of rotatable bonds is 6. The number of carbonyl (C=O) groups excluding carboxylic acids is 1. The number of anilines is 1. The van der Waals surface area contributed by atoms with Crippen LogP contribution in [-0.2, 0) is 27.7 Å². The fraction of sp³-hybridized carbons (Fsp3) is 0.667. The molecule has 7 nitrogen and oxygen atoms in total. The smallest absolute Gasteiger partial charge is 0.226 e. The summed E-state index contributed by atoms with van der Waals surface area (Å²) in [6, 6.07) is 2.28. The third-order valence-electron chi connectivity index (χ3n) is 5.54. The van der Waals surface area contributed by atoms with Crippen molar-refractivity contribution in [2.45, 2.75) is 44.6 Å². The Morgan fingerprint density at radius 2 is 2.07 bits per heavy atom. The van der Waals surface area contributed by atoms with E-state index < -0.39 is 10.0 Å². The number of nitrogens with zero attached hydrogens (tertiary/aromatic N) is 3. The van der Waals surface area contributed by atoms with E-state index in [9.17, 15) is 18.5 Å². The molecule has 0 spiro atoms. The highest BCUT2D eigenvalue weighted by Crippen LogP contribution is 2.38. The number of sulfonamides is 1. The van der Waals surface area contributed by atoms with E-state index in [1.165, 1.54) is 26.8 Å². The van der Waals surface area contributed by atoms with Crippen molar-refractivity contribution in [2.75, 3.05) is 38.3 Å². The van der Waals surface area contributed by atoms with Crippen molar-refractivity contribution < 1.29 is 13.2 Å². The van der Waals surface area contributed by atoms with Crippen LogP contribution in [-0.4, -0.2) is 62.5 Å². The predicted molar refractivity (Wildman–Crippen MR) is 106 cm³/mol. The summed E-state index contributed by atoms with van der Waals surface area (Å²) in [4.78, 5) is 15.8. The topological polar surface area (TPSA) is 93.5 Å². The van der Waals surface area contributed by atoms with Crippen molar-refractivity contribution in [1.82, 2.24) is 9.21 Å². The number of aryl methyl sites for hydroxylation is 1. The third-order valence-corrected chi connectivity index (χ3v) is 8.09. The lowest BCUT2D eigenvalue weighted by Gasteiger charge is -2.35. The second-order valence-electron chi connectivity index (χ2n) is 7.32. The van der Waals surface area contributed by atoms with Gasteiger partial charge in [0.2, 0.25) is 15.9 Å². The van der Waals surface area contributed by atoms with Crippen LogP contribution >= 0.6 is 11.3 Å². The molecule has 1 aromatic heterocycles. The quantitative estimate of drug-likeness (QED) is 0.772. The summed E-state index contributed by atoms with van der Waals surface area (Å²) in [6.07, 6.45) is 6.19. The Morgan fingerprint density at radius 1 is 1.37 bits per heavy atom. The van der Waals surface area contributed by atoms with E-state index >= 15 is 0 Å². The number of fused-ring (bicyclic) bond motifs is 1. The molecule has 1 aliphatic heterocycles. The average molecular weight is 411 g/mol. The van der Waals surface area contributed by atoms with Gasteiger partial charge in [0.1, 0.15) is 11.1 Å². The molecule has 0 atom stereocenters. The molecule has 3 rings (SSSR count). The van der Waals surface area contributed by atoms with Crippen LogP contribution in [0.2, 0.25) is 0 Å². The van der Waals surface area contributed by atoms with Crippen molar-refractivity contribution >= 4 is 32.3 Å². The lowest BCUT2D eigenvalue weighted by Crippen LogP contribution is -2.45. The van der Waals surface area contributed by atoms with Crippen molar-refractivity contribution in [1.29, 1.82) is 5.26 Å². The largest absolute Gasteiger partial charge is 0.317 e. The summed E-state index contributed by atoms with van der Waals surface area (Å²) in [5, 5.41) is 13.0. The lowest BCUT2D eigenvalue weighted by atomic mass is 10.1. The summed E-state index contributed by atoms with van der Waals surface area (Å²) in [5.41, 5.74) is 1.76. The molecule has 0 aromatic carbocycles. The van der Waals surface area contributed by atoms with E-state index in [2.05, 4.69) is 16.3 Å². The van der Waals surface area contributed by atoms with Gasteiger partial charge in [-0.25, -0.2) is 12.7 Å². The highest BCUT2D eigenvalue weighted by atomic mass is 32.2. The van der Waals surface area contributed by atoms with Crippen LogP contribution in [0.5, 0.6) is 0 Å². The SMILES string of the molecule is CN(C1CCN(CCC(=O)Nc2sc3c(c2C#N)CCC3)CC1)S(C)(=O)=O. The number of hydrogen-bond donors (Lipinski definition) is 1. The maximum Gasteiger partial charge on any atom is 0.226 e. The van der Waals surface area contributed by atoms with Gasteiger partial charge < -0.3 is 10.2 Å². The van der Waals surface area contributed by atoms with Crippen LogP contribution in [0.4, 0.5) is 5.00 Å². The second-order valence-corrected chi connectivity index (χ2v) is 10.5. The molecule has 2 aliphatic rings. The highest BCUT2D eigenvalue weighted by molar-refractivity contribution is 7.88. The average Bonchev–Trinajstić information content (AvgIpc) is 3.19. The summed E-state index contributed by atoms with van der Waals surface area (Å²) >= 11 is 1.54. The molecule has 0 bridgehead atoms. The maximum absolute atomic E-state index is 12.3. The standard InChI is InChI=1S/C18H26N4O3S2/c1-21(27(2,24)25)13-6-9-22(10-7-13)11-8-17(23)20-18-15(12-19)14-4-3-5-16(14)26-18/h13H,3-11H2,1-2H3,(H,20,23). The minimum Gasteiger partial charge on any atom is -0.317 e. The molecule has 1 amide bonds. The van der Waals surface area contributed by atoms with E-state index in [-0.39, 0.29) is 11.9 Å². The zero-order valence-corrected chi connectivity index (χ0v) is 17.5. The van der Waals surface area contributed by atoms with Gasteiger partial charge >= 0.3 is 0 Å². The molecule has 0 radical (unpaired) electrons. The number of nitrogens with one attached hydrogen (secondary N) is 1. The summed E-state index contributed by atoms with van der Waals surface area (Å²) < 4.78 is 24.7. The van der Waals surface area contributed by atoms with E-state index in [0.29, 0.717) is 23.5 Å². The summed E-state index contributed by atoms with van der Waals surface area (Å²) in [7, 11) is -1.53. The van der Waals surface area contributed by atoms with Gasteiger partial charge in [0.05, 0.1) is 11.8 Å². The lowest BCUT2D eigenvalue weighted by molar-refractivity contribution is -0.116. The number of thiophene rings is 1. The fourth-order valence-corrected chi connectivity index (χ4v) is 5.85. The van der Waals surface area contributed by atoms with Crippen LogP contribution in [0.1, 0.15) is 41.7 Å². The first kappa shape index (κ1) is 20.3. The molecule has 148 valence electrons. The maximum atomic E-state index is 12.3. The number of carbonyl (C=O) groups is 1. The van der Waals surface area contributed by atoms with Crippen molar-refractivity contribution in [2.24, 2.45) is 0 Å². The molecule has 27 heavy (non-hydrogen) atoms. The molecule has 1 aliphatic carbocycles. The van der Waals surface area contributed by atoms with Crippen LogP contribution in [0, 0.1) is 11.3 Å². The van der Waals surface area contributed by atoms with Gasteiger partial charge in [-0.05, 0) is 50.8 Å². The van der Waals surface area contributed by atoms with Gasteiger partial charge in [-0.3, -0.25) is 4.79 Å². The van der Waals surface area contributed by atoms with Gasteiger partial charge in [0.15, 0.2) is 0 Å². The summed E-state index contributed by atoms with van der Waals surface area (Å²) in [6.45, 7) is 2.22. The second kappa shape index (κ2) is 8.27. The zero-order valence-electron chi connectivity index (χ0n) is 15.8. The van der Waals surface area contributed by atoms with Crippen LogP contribution in [0.3, 0.4) is 0 Å². The molecular weight excluding hydrogens is 384 g/mol. The Bertz CT molecular complexity index is 849. The first-order chi connectivity index (χ1) is 12.8. The Labute approximate surface area is 165 Å². The number of hydrogen-bond acceptors (Lipinski definition) is 6. The van der Waals surface area contributed by atoms with Crippen molar-refractivity contribution in [3.63, 3.8) is 0 Å². The molecule has 0 unspecified atom stereocenters. The number of piperidine rings is 1. The predicted octanol–water partition coefficient (Wildman–Crippen LogP) is 1.79. The minimum absolute atomic E-state index is 0.0387. The van der Waals surface area contributed by atoms with Crippen molar-refractivity contribution in [3.05, 3.63) is 16.0 Å². The molecule has 1 N–H and O–H groups in total. The van der Waals surface area contributed by atoms with Gasteiger partial charge in [0.25, 0.3) is 0 Å². The Hall–Kier alpha value is -1.47. The number of amides is 1. The Kier molecular flexibility index (Phi) is 6.21. The monoisotopic (exact) mass is 410 g/mol. The minimum atomic E-state index is -3.16. The summed E-state index contributed by atoms with van der Waals surface area (Å²) in [5.74, 6) is -0.0678. The molecule has 9 heteroatoms. The van der Waals surface area contributed by atoms with Gasteiger partial charge in [-0.15, -0.1) is 11.3 Å². The van der Waals surface area contributed by atoms with Gasteiger partial charge in [-0.2, -0.15) is 5.26 Å². The Balaban J connectivity index is 1.47. The van der Waals surface area contributed by atoms with Crippen LogP contribution in [0.15, 0.2) is 0 Å². The van der Waals surface area contributed by atoms with Crippen LogP contribution < -0.4 is 5.32 Å². The zero-order chi connectivity index (χ0) is 19.6. The van der Waals surface area contributed by atoms with Gasteiger partial charge in [0, 0.05) is 30.9 Å². The van der Waals surface area contributed by atoms with E-state index in [1.54, 1.807) is 7.05 Å². The Morgan fingerprint density at radius 3 is 2.70 bits per heavy atom. The number of likely N-dealkylation sites (tertiary alicyclic amines) is 1. The molecule has 1 fully saturated rings. The molecule has 1 aromatic rings. The first-order valence-corrected chi connectivity index (χ1v) is 12.0. The van der Waals surface area contributed by atoms with E-state index in [4.69, 9.17) is 0 Å². The molecular formula is C18H26N4O3S2. The molecule has 0 saturated carbocycles. The number of nitriles is 1. The highest BCUT2D eigenvalue weighted by Gasteiger charge is 2.27. The van der Waals surface area contributed by atoms with Crippen LogP contribution in [0.25, 0.3) is 0 Å². The van der Waals surface area contributed by atoms with Crippen molar-refractivity contribution in [3.8, 4) is 6.07 Å². The normalized spacial score (nSPS) is 18.4. The molecule has 2 heterocycles. The third kappa shape index (κ3) is 4.69. The van der Waals surface area contributed by atoms with E-state index in [1.807, 2.05) is 0 Å².